The second kappa shape index (κ2) is 7.33. The van der Waals surface area contributed by atoms with Gasteiger partial charge < -0.3 is 5.32 Å². The van der Waals surface area contributed by atoms with Crippen LogP contribution in [0.25, 0.3) is 21.7 Å². The number of nitrogens with zero attached hydrogens (tertiary/aromatic N) is 2. The van der Waals surface area contributed by atoms with E-state index >= 15 is 0 Å². The van der Waals surface area contributed by atoms with Crippen molar-refractivity contribution in [3.63, 3.8) is 0 Å². The van der Waals surface area contributed by atoms with E-state index in [9.17, 15) is 4.79 Å². The molecule has 128 valence electrons. The molecule has 0 aliphatic heterocycles. The van der Waals surface area contributed by atoms with Gasteiger partial charge in [0.2, 0.25) is 0 Å². The van der Waals surface area contributed by atoms with E-state index in [1.807, 2.05) is 54.0 Å². The lowest BCUT2D eigenvalue weighted by molar-refractivity contribution is 0.0946. The van der Waals surface area contributed by atoms with Crippen LogP contribution in [0.15, 0.2) is 72.4 Å². The highest BCUT2D eigenvalue weighted by Crippen LogP contribution is 2.24. The number of hydrogen-bond donors (Lipinski definition) is 2. The van der Waals surface area contributed by atoms with Gasteiger partial charge in [-0.15, -0.1) is 11.3 Å². The fourth-order valence-corrected chi connectivity index (χ4v) is 3.34. The van der Waals surface area contributed by atoms with Crippen molar-refractivity contribution in [2.24, 2.45) is 0 Å². The van der Waals surface area contributed by atoms with E-state index in [0.29, 0.717) is 12.2 Å². The highest BCUT2D eigenvalue weighted by molar-refractivity contribution is 7.13. The molecule has 0 radical (unpaired) electrons. The minimum atomic E-state index is -0.193. The fraction of sp³-hybridized carbons (Fsp3) is 0.0500. The van der Waals surface area contributed by atoms with Crippen LogP contribution in [0.2, 0.25) is 0 Å². The molecular formula is C20H16N4OS. The van der Waals surface area contributed by atoms with Crippen LogP contribution >= 0.6 is 11.3 Å². The fourth-order valence-electron chi connectivity index (χ4n) is 2.63. The molecule has 0 bridgehead atoms. The first kappa shape index (κ1) is 16.2. The molecule has 0 atom stereocenters. The van der Waals surface area contributed by atoms with E-state index in [1.54, 1.807) is 23.6 Å². The number of amides is 1. The number of aromatic amines is 1. The summed E-state index contributed by atoms with van der Waals surface area (Å²) in [4.78, 5) is 17.8. The maximum Gasteiger partial charge on any atom is 0.269 e. The average Bonchev–Trinajstić information content (AvgIpc) is 3.39. The number of thiophene rings is 1. The number of carbonyl (C=O) groups is 1. The van der Waals surface area contributed by atoms with E-state index in [4.69, 9.17) is 0 Å². The van der Waals surface area contributed by atoms with Gasteiger partial charge in [-0.3, -0.25) is 14.9 Å². The third-order valence-electron chi connectivity index (χ3n) is 3.95. The van der Waals surface area contributed by atoms with E-state index in [2.05, 4.69) is 26.6 Å². The lowest BCUT2D eigenvalue weighted by atomic mass is 10.1. The first-order valence-corrected chi connectivity index (χ1v) is 9.04. The summed E-state index contributed by atoms with van der Waals surface area (Å²) in [7, 11) is 0. The van der Waals surface area contributed by atoms with Gasteiger partial charge in [-0.05, 0) is 29.1 Å². The van der Waals surface area contributed by atoms with Crippen molar-refractivity contribution in [2.75, 3.05) is 0 Å². The second-order valence-corrected chi connectivity index (χ2v) is 6.72. The molecule has 0 unspecified atom stereocenters. The van der Waals surface area contributed by atoms with Crippen LogP contribution in [0, 0.1) is 0 Å². The van der Waals surface area contributed by atoms with Crippen LogP contribution < -0.4 is 5.32 Å². The van der Waals surface area contributed by atoms with Gasteiger partial charge in [0.15, 0.2) is 0 Å². The van der Waals surface area contributed by atoms with E-state index < -0.39 is 0 Å². The zero-order chi connectivity index (χ0) is 17.8. The predicted molar refractivity (Wildman–Crippen MR) is 103 cm³/mol. The Bertz CT molecular complexity index is 1010. The van der Waals surface area contributed by atoms with Crippen molar-refractivity contribution in [2.45, 2.75) is 6.54 Å². The maximum atomic E-state index is 12.4. The van der Waals surface area contributed by atoms with Crippen LogP contribution in [-0.2, 0) is 6.54 Å². The summed E-state index contributed by atoms with van der Waals surface area (Å²) >= 11 is 1.67. The van der Waals surface area contributed by atoms with E-state index in [-0.39, 0.29) is 5.91 Å². The summed E-state index contributed by atoms with van der Waals surface area (Å²) in [5.41, 5.74) is 4.16. The van der Waals surface area contributed by atoms with Crippen LogP contribution in [0.5, 0.6) is 0 Å². The maximum absolute atomic E-state index is 12.4. The zero-order valence-corrected chi connectivity index (χ0v) is 14.7. The third kappa shape index (κ3) is 3.55. The number of aromatic nitrogens is 3. The van der Waals surface area contributed by atoms with Crippen LogP contribution in [0.3, 0.4) is 0 Å². The third-order valence-corrected chi connectivity index (χ3v) is 4.86. The highest BCUT2D eigenvalue weighted by atomic mass is 32.1. The quantitative estimate of drug-likeness (QED) is 0.562. The van der Waals surface area contributed by atoms with Crippen LogP contribution in [-0.4, -0.2) is 21.1 Å². The molecule has 2 N–H and O–H groups in total. The molecule has 0 fully saturated rings. The molecule has 3 heterocycles. The molecule has 0 aliphatic carbocycles. The largest absolute Gasteiger partial charge is 0.347 e. The normalized spacial score (nSPS) is 10.6. The summed E-state index contributed by atoms with van der Waals surface area (Å²) in [5.74, 6) is -0.193. The Morgan fingerprint density at radius 2 is 1.92 bits per heavy atom. The number of nitrogens with one attached hydrogen (secondary N) is 2. The Morgan fingerprint density at radius 3 is 2.73 bits per heavy atom. The van der Waals surface area contributed by atoms with Crippen LogP contribution in [0.1, 0.15) is 16.1 Å². The van der Waals surface area contributed by atoms with Crippen molar-refractivity contribution < 1.29 is 4.79 Å². The standard InChI is InChI=1S/C20H16N4OS/c25-20(18-10-17(23-24-18)15-5-2-1-3-6-15)22-12-14-9-16(13-21-11-14)19-7-4-8-26-19/h1-11,13H,12H2,(H,22,25)(H,23,24). The molecule has 1 amide bonds. The van der Waals surface area contributed by atoms with Crippen molar-refractivity contribution in [1.82, 2.24) is 20.5 Å². The summed E-state index contributed by atoms with van der Waals surface area (Å²) in [6.45, 7) is 0.407. The molecule has 0 spiro atoms. The molecule has 0 aliphatic rings. The van der Waals surface area contributed by atoms with Crippen molar-refractivity contribution in [3.05, 3.63) is 83.6 Å². The monoisotopic (exact) mass is 360 g/mol. The van der Waals surface area contributed by atoms with E-state index in [1.165, 1.54) is 0 Å². The van der Waals surface area contributed by atoms with Crippen molar-refractivity contribution in [1.29, 1.82) is 0 Å². The lowest BCUT2D eigenvalue weighted by Gasteiger charge is -2.05. The Hall–Kier alpha value is -3.25. The van der Waals surface area contributed by atoms with Gasteiger partial charge in [0.25, 0.3) is 5.91 Å². The number of carbonyl (C=O) groups excluding carboxylic acids is 1. The van der Waals surface area contributed by atoms with Crippen molar-refractivity contribution >= 4 is 17.2 Å². The summed E-state index contributed by atoms with van der Waals surface area (Å²) in [6, 6.07) is 17.6. The summed E-state index contributed by atoms with van der Waals surface area (Å²) < 4.78 is 0. The Kier molecular flexibility index (Phi) is 4.57. The smallest absolute Gasteiger partial charge is 0.269 e. The summed E-state index contributed by atoms with van der Waals surface area (Å²) in [6.07, 6.45) is 3.60. The number of hydrogen-bond acceptors (Lipinski definition) is 4. The molecule has 0 saturated carbocycles. The second-order valence-electron chi connectivity index (χ2n) is 5.77. The van der Waals surface area contributed by atoms with Gasteiger partial charge in [0.1, 0.15) is 5.69 Å². The van der Waals surface area contributed by atoms with Gasteiger partial charge in [0.05, 0.1) is 5.69 Å². The van der Waals surface area contributed by atoms with Gasteiger partial charge in [0, 0.05) is 34.9 Å². The number of benzene rings is 1. The Morgan fingerprint density at radius 1 is 1.04 bits per heavy atom. The number of H-pyrrole nitrogens is 1. The van der Waals surface area contributed by atoms with Gasteiger partial charge in [-0.2, -0.15) is 5.10 Å². The molecule has 6 heteroatoms. The molecule has 4 aromatic rings. The zero-order valence-electron chi connectivity index (χ0n) is 13.8. The minimum absolute atomic E-state index is 0.193. The Balaban J connectivity index is 1.43. The van der Waals surface area contributed by atoms with Crippen molar-refractivity contribution in [3.8, 4) is 21.7 Å². The Labute approximate surface area is 154 Å². The first-order valence-electron chi connectivity index (χ1n) is 8.16. The molecule has 26 heavy (non-hydrogen) atoms. The minimum Gasteiger partial charge on any atom is -0.347 e. The first-order chi connectivity index (χ1) is 12.8. The SMILES string of the molecule is O=C(NCc1cncc(-c2cccs2)c1)c1cc(-c2ccccc2)n[nH]1. The predicted octanol–water partition coefficient (Wildman–Crippen LogP) is 4.13. The molecule has 0 saturated heterocycles. The van der Waals surface area contributed by atoms with Gasteiger partial charge >= 0.3 is 0 Å². The molecule has 3 aromatic heterocycles. The molecular weight excluding hydrogens is 344 g/mol. The van der Waals surface area contributed by atoms with E-state index in [0.717, 1.165) is 27.3 Å². The van der Waals surface area contributed by atoms with Crippen LogP contribution in [0.4, 0.5) is 0 Å². The summed E-state index contributed by atoms with van der Waals surface area (Å²) in [5, 5.41) is 12.0. The van der Waals surface area contributed by atoms with Gasteiger partial charge in [-0.25, -0.2) is 0 Å². The lowest BCUT2D eigenvalue weighted by Crippen LogP contribution is -2.23. The molecule has 4 rings (SSSR count). The average molecular weight is 360 g/mol. The van der Waals surface area contributed by atoms with Gasteiger partial charge in [-0.1, -0.05) is 36.4 Å². The molecule has 5 nitrogen and oxygen atoms in total. The topological polar surface area (TPSA) is 70.7 Å². The number of pyridine rings is 1. The molecule has 1 aromatic carbocycles. The highest BCUT2D eigenvalue weighted by Gasteiger charge is 2.11. The number of rotatable bonds is 5.